The summed E-state index contributed by atoms with van der Waals surface area (Å²) in [6, 6.07) is -6.29. The number of aliphatic hydroxyl groups excluding tert-OH is 2. The number of benzene rings is 2. The number of carboxylic acid groups (broad SMARTS) is 3. The van der Waals surface area contributed by atoms with Crippen molar-refractivity contribution in [3.8, 4) is 11.5 Å². The van der Waals surface area contributed by atoms with Gasteiger partial charge in [-0.15, -0.1) is 0 Å². The summed E-state index contributed by atoms with van der Waals surface area (Å²) < 4.78 is 0. The molecule has 2 aromatic carbocycles. The van der Waals surface area contributed by atoms with Crippen molar-refractivity contribution in [1.29, 1.82) is 0 Å². The third kappa shape index (κ3) is 21.9. The van der Waals surface area contributed by atoms with Gasteiger partial charge in [-0.3, -0.25) is 57.5 Å². The fraction of sp³-hybridized carbons (Fsp3) is 0.519. The number of phenols is 2. The lowest BCUT2D eigenvalue weighted by molar-refractivity contribution is -0.145. The van der Waals surface area contributed by atoms with Gasteiger partial charge in [0.25, 0.3) is 0 Å². The predicted octanol–water partition coefficient (Wildman–Crippen LogP) is -5.27. The molecule has 462 valence electrons. The van der Waals surface area contributed by atoms with Crippen LogP contribution in [0, 0.1) is 5.92 Å². The molecule has 10 amide bonds. The summed E-state index contributed by atoms with van der Waals surface area (Å²) in [5, 5.41) is 87.8. The first-order valence-electron chi connectivity index (χ1n) is 26.4. The van der Waals surface area contributed by atoms with E-state index < -0.39 is 195 Å². The molecule has 0 spiro atoms. The molecule has 1 heterocycles. The molecule has 0 aliphatic carbocycles. The molecule has 1 aliphatic rings. The van der Waals surface area contributed by atoms with Gasteiger partial charge in [-0.2, -0.15) is 12.6 Å². The standard InChI is InChI=1S/C52H73N11O20S/c1-4-24(2)41(61-43(73)30(53)20-40(71)72)49(79)58-34(21-38(54)68)45(75)56-32(18-26-7-11-28(66)12-8-26)44(74)57-33(19-27-9-13-29(67)14-10-27)46(76)62-42(25(3)65)50(80)59-35(22-64)47(77)55-31(15-16-39(69)70)51(81)63-17-5-6-37(63)48(78)60-36(23-84)52(82)83/h7-14,24-25,30-37,41-42,64-67,84H,4-6,15-23,53H2,1-3H3,(H2,54,68)(H,55,77)(H,56,75)(H,57,74)(H,58,79)(H,59,80)(H,60,78)(H,61,73)(H,62,76)(H,69,70)(H,71,72)(H,82,83). The second kappa shape index (κ2) is 33.5. The zero-order chi connectivity index (χ0) is 63.1. The van der Waals surface area contributed by atoms with Crippen LogP contribution in [0.2, 0.25) is 0 Å². The van der Waals surface area contributed by atoms with Gasteiger partial charge in [-0.05, 0) is 67.5 Å². The number of likely N-dealkylation sites (tertiary alicyclic amines) is 1. The van der Waals surface area contributed by atoms with Crippen molar-refractivity contribution in [3.05, 3.63) is 59.7 Å². The van der Waals surface area contributed by atoms with Gasteiger partial charge in [-0.1, -0.05) is 44.5 Å². The van der Waals surface area contributed by atoms with Gasteiger partial charge in [0.1, 0.15) is 65.9 Å². The van der Waals surface area contributed by atoms with E-state index in [0.717, 1.165) is 11.8 Å². The van der Waals surface area contributed by atoms with E-state index in [1.54, 1.807) is 13.8 Å². The van der Waals surface area contributed by atoms with Gasteiger partial charge in [0.05, 0.1) is 31.6 Å². The largest absolute Gasteiger partial charge is 0.508 e. The predicted molar refractivity (Wildman–Crippen MR) is 294 cm³/mol. The first-order valence-corrected chi connectivity index (χ1v) is 27.0. The second-order valence-corrected chi connectivity index (χ2v) is 20.3. The van der Waals surface area contributed by atoms with Gasteiger partial charge in [0, 0.05) is 31.6 Å². The number of carboxylic acids is 3. The summed E-state index contributed by atoms with van der Waals surface area (Å²) in [5.41, 5.74) is 11.7. The number of nitrogens with one attached hydrogen (secondary N) is 8. The highest BCUT2D eigenvalue weighted by atomic mass is 32.1. The topological polar surface area (TPSA) is 515 Å². The summed E-state index contributed by atoms with van der Waals surface area (Å²) in [6.07, 6.45) is -5.05. The molecule has 3 rings (SSSR count). The molecule has 12 unspecified atom stereocenters. The van der Waals surface area contributed by atoms with E-state index in [1.807, 2.05) is 0 Å². The number of aliphatic hydroxyl groups is 2. The Bertz CT molecular complexity index is 2700. The average Bonchev–Trinajstić information content (AvgIpc) is 4.16. The van der Waals surface area contributed by atoms with Gasteiger partial charge in [-0.25, -0.2) is 4.79 Å². The lowest BCUT2D eigenvalue weighted by Crippen LogP contribution is -2.63. The van der Waals surface area contributed by atoms with Crippen LogP contribution >= 0.6 is 12.6 Å². The third-order valence-electron chi connectivity index (χ3n) is 13.4. The van der Waals surface area contributed by atoms with E-state index in [0.29, 0.717) is 0 Å². The number of thiol groups is 1. The summed E-state index contributed by atoms with van der Waals surface area (Å²) >= 11 is 3.92. The summed E-state index contributed by atoms with van der Waals surface area (Å²) in [6.45, 7) is 2.98. The molecule has 2 aromatic rings. The monoisotopic (exact) mass is 1200 g/mol. The average molecular weight is 1200 g/mol. The van der Waals surface area contributed by atoms with Crippen molar-refractivity contribution >= 4 is 89.6 Å². The molecule has 12 atom stereocenters. The van der Waals surface area contributed by atoms with E-state index >= 15 is 0 Å². The van der Waals surface area contributed by atoms with E-state index in [4.69, 9.17) is 16.6 Å². The number of primary amides is 1. The fourth-order valence-corrected chi connectivity index (χ4v) is 8.73. The van der Waals surface area contributed by atoms with Crippen LogP contribution in [0.25, 0.3) is 0 Å². The van der Waals surface area contributed by atoms with Crippen LogP contribution < -0.4 is 54.0 Å². The lowest BCUT2D eigenvalue weighted by atomic mass is 9.97. The molecular formula is C52H73N11O20S. The Morgan fingerprint density at radius 1 is 0.607 bits per heavy atom. The highest BCUT2D eigenvalue weighted by Crippen LogP contribution is 2.21. The molecule has 1 fully saturated rings. The minimum absolute atomic E-state index is 0.0649. The SMILES string of the molecule is CCC(C)C(NC(=O)C(N)CC(=O)O)C(=O)NC(CC(N)=O)C(=O)NC(Cc1ccc(O)cc1)C(=O)NC(Cc1ccc(O)cc1)C(=O)NC(C(=O)NC(CO)C(=O)NC(CCC(=O)O)C(=O)N1CCCC1C(=O)NC(CS)C(=O)O)C(C)O. The van der Waals surface area contributed by atoms with Crippen LogP contribution in [0.1, 0.15) is 76.8 Å². The number of aliphatic carboxylic acids is 3. The summed E-state index contributed by atoms with van der Waals surface area (Å²) in [4.78, 5) is 172. The van der Waals surface area contributed by atoms with Crippen molar-refractivity contribution in [2.24, 2.45) is 17.4 Å². The van der Waals surface area contributed by atoms with Crippen LogP contribution in [0.15, 0.2) is 48.5 Å². The van der Waals surface area contributed by atoms with E-state index in [2.05, 4.69) is 55.2 Å². The van der Waals surface area contributed by atoms with Gasteiger partial charge >= 0.3 is 17.9 Å². The highest BCUT2D eigenvalue weighted by molar-refractivity contribution is 7.80. The molecule has 0 bridgehead atoms. The maximum absolute atomic E-state index is 14.5. The molecule has 32 heteroatoms. The lowest BCUT2D eigenvalue weighted by Gasteiger charge is -2.30. The number of aromatic hydroxyl groups is 2. The zero-order valence-corrected chi connectivity index (χ0v) is 46.9. The Morgan fingerprint density at radius 3 is 1.54 bits per heavy atom. The maximum atomic E-state index is 14.5. The molecule has 19 N–H and O–H groups in total. The Labute approximate surface area is 486 Å². The van der Waals surface area contributed by atoms with E-state index in [9.17, 15) is 93.0 Å². The van der Waals surface area contributed by atoms with Crippen LogP contribution in [-0.2, 0) is 75.2 Å². The Kier molecular flexibility index (Phi) is 27.8. The van der Waals surface area contributed by atoms with Crippen LogP contribution in [0.3, 0.4) is 0 Å². The van der Waals surface area contributed by atoms with E-state index in [1.165, 1.54) is 48.5 Å². The Balaban J connectivity index is 1.96. The fourth-order valence-electron chi connectivity index (χ4n) is 8.48. The number of phenolic OH excluding ortho intramolecular Hbond substituents is 2. The molecule has 0 saturated carbocycles. The molecule has 0 aromatic heterocycles. The number of carbonyl (C=O) groups is 13. The molecule has 84 heavy (non-hydrogen) atoms. The molecule has 1 aliphatic heterocycles. The van der Waals surface area contributed by atoms with Crippen LogP contribution in [0.4, 0.5) is 0 Å². The van der Waals surface area contributed by atoms with E-state index in [-0.39, 0.29) is 54.2 Å². The summed E-state index contributed by atoms with van der Waals surface area (Å²) in [7, 11) is 0. The molecule has 1 saturated heterocycles. The number of nitrogens with two attached hydrogens (primary N) is 2. The van der Waals surface area contributed by atoms with Gasteiger partial charge in [0.15, 0.2) is 0 Å². The number of carbonyl (C=O) groups excluding carboxylic acids is 10. The first-order chi connectivity index (χ1) is 39.5. The van der Waals surface area contributed by atoms with Crippen molar-refractivity contribution in [3.63, 3.8) is 0 Å². The van der Waals surface area contributed by atoms with Crippen LogP contribution in [-0.4, -0.2) is 203 Å². The molecule has 31 nitrogen and oxygen atoms in total. The van der Waals surface area contributed by atoms with Crippen molar-refractivity contribution in [1.82, 2.24) is 47.4 Å². The van der Waals surface area contributed by atoms with Crippen molar-refractivity contribution in [2.75, 3.05) is 18.9 Å². The normalized spacial score (nSPS) is 16.8. The van der Waals surface area contributed by atoms with Crippen LogP contribution in [0.5, 0.6) is 11.5 Å². The minimum Gasteiger partial charge on any atom is -0.508 e. The maximum Gasteiger partial charge on any atom is 0.327 e. The zero-order valence-electron chi connectivity index (χ0n) is 46.0. The number of nitrogens with zero attached hydrogens (tertiary/aromatic N) is 1. The minimum atomic E-state index is -2.01. The number of hydrogen-bond acceptors (Lipinski definition) is 19. The third-order valence-corrected chi connectivity index (χ3v) is 13.7. The Hall–Kier alpha value is -8.62. The molecule has 0 radical (unpaired) electrons. The van der Waals surface area contributed by atoms with Crippen molar-refractivity contribution in [2.45, 2.75) is 145 Å². The molecular weight excluding hydrogens is 1130 g/mol. The quantitative estimate of drug-likeness (QED) is 0.0291. The second-order valence-electron chi connectivity index (χ2n) is 19.9. The first kappa shape index (κ1) is 69.6. The Morgan fingerprint density at radius 2 is 1.07 bits per heavy atom. The summed E-state index contributed by atoms with van der Waals surface area (Å²) in [5.74, 6) is -16.7. The smallest absolute Gasteiger partial charge is 0.327 e. The van der Waals surface area contributed by atoms with Gasteiger partial charge < -0.3 is 94.6 Å². The highest BCUT2D eigenvalue weighted by Gasteiger charge is 2.41. The van der Waals surface area contributed by atoms with Crippen molar-refractivity contribution < 1.29 is 98.1 Å². The number of rotatable bonds is 34. The van der Waals surface area contributed by atoms with Gasteiger partial charge in [0.2, 0.25) is 59.1 Å². The number of hydrogen-bond donors (Lipinski definition) is 18. The number of amides is 10.